The molecule has 2 atom stereocenters. The van der Waals surface area contributed by atoms with Crippen molar-refractivity contribution in [3.05, 3.63) is 64.7 Å². The Morgan fingerprint density at radius 3 is 2.62 bits per heavy atom. The zero-order valence-electron chi connectivity index (χ0n) is 15.8. The van der Waals surface area contributed by atoms with E-state index in [4.69, 9.17) is 4.74 Å². The van der Waals surface area contributed by atoms with Crippen LogP contribution in [0.5, 0.6) is 0 Å². The molecule has 1 aliphatic rings. The Bertz CT molecular complexity index is 843. The van der Waals surface area contributed by atoms with Gasteiger partial charge >= 0.3 is 5.97 Å². The number of carbonyl (C=O) groups excluding carboxylic acids is 2. The van der Waals surface area contributed by atoms with Crippen LogP contribution < -0.4 is 4.90 Å². The summed E-state index contributed by atoms with van der Waals surface area (Å²) in [6, 6.07) is 13.9. The Morgan fingerprint density at radius 2 is 1.88 bits per heavy atom. The molecule has 0 unspecified atom stereocenters. The van der Waals surface area contributed by atoms with Gasteiger partial charge in [0, 0.05) is 11.7 Å². The van der Waals surface area contributed by atoms with Gasteiger partial charge in [-0.05, 0) is 62.4 Å². The number of amides is 1. The molecule has 0 aliphatic carbocycles. The fraction of sp³-hybridized carbons (Fsp3) is 0.364. The maximum absolute atomic E-state index is 12.9. The third kappa shape index (κ3) is 3.64. The highest BCUT2D eigenvalue weighted by molar-refractivity contribution is 5.99. The number of ether oxygens (including phenoxy) is 1. The standard InChI is InChI=1S/C22H25NO3/c1-14-9-10-18(11-15(14)2)13-21(24)26-17(4)22(25)23-16(3)12-19-7-5-6-8-20(19)23/h5-11,16-17H,12-13H2,1-4H3/t16-,17+/m0/s1. The molecule has 0 fully saturated rings. The van der Waals surface area contributed by atoms with E-state index in [9.17, 15) is 9.59 Å². The molecule has 0 bridgehead atoms. The molecule has 0 aromatic heterocycles. The number of esters is 1. The van der Waals surface area contributed by atoms with Crippen molar-refractivity contribution >= 4 is 17.6 Å². The molecule has 4 heteroatoms. The van der Waals surface area contributed by atoms with E-state index >= 15 is 0 Å². The van der Waals surface area contributed by atoms with Crippen molar-refractivity contribution < 1.29 is 14.3 Å². The molecule has 26 heavy (non-hydrogen) atoms. The van der Waals surface area contributed by atoms with Gasteiger partial charge in [-0.3, -0.25) is 9.59 Å². The number of benzene rings is 2. The van der Waals surface area contributed by atoms with Gasteiger partial charge in [-0.2, -0.15) is 0 Å². The second kappa shape index (κ2) is 7.32. The third-order valence-electron chi connectivity index (χ3n) is 5.02. The van der Waals surface area contributed by atoms with E-state index in [1.165, 1.54) is 5.56 Å². The normalized spacial score (nSPS) is 16.9. The van der Waals surface area contributed by atoms with Crippen LogP contribution in [0.2, 0.25) is 0 Å². The molecule has 136 valence electrons. The Hall–Kier alpha value is -2.62. The first-order valence-electron chi connectivity index (χ1n) is 9.03. The molecule has 4 nitrogen and oxygen atoms in total. The number of fused-ring (bicyclic) bond motifs is 1. The molecule has 2 aromatic rings. The van der Waals surface area contributed by atoms with Gasteiger partial charge in [-0.25, -0.2) is 0 Å². The van der Waals surface area contributed by atoms with Crippen LogP contribution in [0.3, 0.4) is 0 Å². The molecule has 0 saturated heterocycles. The van der Waals surface area contributed by atoms with Crippen LogP contribution in [-0.4, -0.2) is 24.0 Å². The quantitative estimate of drug-likeness (QED) is 0.788. The summed E-state index contributed by atoms with van der Waals surface area (Å²) >= 11 is 0. The molecule has 3 rings (SSSR count). The van der Waals surface area contributed by atoms with Crippen molar-refractivity contribution in [2.75, 3.05) is 4.90 Å². The van der Waals surface area contributed by atoms with E-state index in [1.54, 1.807) is 11.8 Å². The zero-order valence-corrected chi connectivity index (χ0v) is 15.8. The number of nitrogens with zero attached hydrogens (tertiary/aromatic N) is 1. The minimum atomic E-state index is -0.803. The lowest BCUT2D eigenvalue weighted by Crippen LogP contribution is -2.43. The van der Waals surface area contributed by atoms with E-state index < -0.39 is 6.10 Å². The number of rotatable bonds is 4. The van der Waals surface area contributed by atoms with Crippen LogP contribution in [0, 0.1) is 13.8 Å². The lowest BCUT2D eigenvalue weighted by molar-refractivity contribution is -0.153. The summed E-state index contributed by atoms with van der Waals surface area (Å²) in [7, 11) is 0. The number of aryl methyl sites for hydroxylation is 2. The van der Waals surface area contributed by atoms with Gasteiger partial charge in [0.25, 0.3) is 5.91 Å². The van der Waals surface area contributed by atoms with Gasteiger partial charge in [0.05, 0.1) is 6.42 Å². The second-order valence-electron chi connectivity index (χ2n) is 7.12. The average molecular weight is 351 g/mol. The predicted octanol–water partition coefficient (Wildman–Crippen LogP) is 3.76. The topological polar surface area (TPSA) is 46.6 Å². The zero-order chi connectivity index (χ0) is 18.8. The van der Waals surface area contributed by atoms with E-state index in [1.807, 2.05) is 63.2 Å². The number of anilines is 1. The van der Waals surface area contributed by atoms with Gasteiger partial charge in [0.1, 0.15) is 0 Å². The fourth-order valence-electron chi connectivity index (χ4n) is 3.47. The van der Waals surface area contributed by atoms with E-state index in [2.05, 4.69) is 0 Å². The molecule has 0 saturated carbocycles. The molecular weight excluding hydrogens is 326 g/mol. The number of para-hydroxylation sites is 1. The lowest BCUT2D eigenvalue weighted by atomic mass is 10.0. The predicted molar refractivity (Wildman–Crippen MR) is 102 cm³/mol. The Balaban J connectivity index is 1.65. The van der Waals surface area contributed by atoms with Crippen molar-refractivity contribution in [3.63, 3.8) is 0 Å². The molecule has 2 aromatic carbocycles. The van der Waals surface area contributed by atoms with Gasteiger partial charge < -0.3 is 9.64 Å². The second-order valence-corrected chi connectivity index (χ2v) is 7.12. The van der Waals surface area contributed by atoms with Crippen LogP contribution in [0.4, 0.5) is 5.69 Å². The van der Waals surface area contributed by atoms with Crippen molar-refractivity contribution in [3.8, 4) is 0 Å². The first-order chi connectivity index (χ1) is 12.4. The first kappa shape index (κ1) is 18.2. The fourth-order valence-corrected chi connectivity index (χ4v) is 3.47. The maximum Gasteiger partial charge on any atom is 0.311 e. The van der Waals surface area contributed by atoms with Crippen molar-refractivity contribution in [1.82, 2.24) is 0 Å². The summed E-state index contributed by atoms with van der Waals surface area (Å²) in [4.78, 5) is 26.9. The highest BCUT2D eigenvalue weighted by Gasteiger charge is 2.34. The van der Waals surface area contributed by atoms with E-state index in [-0.39, 0.29) is 24.3 Å². The molecule has 1 amide bonds. The molecule has 1 heterocycles. The van der Waals surface area contributed by atoms with Crippen LogP contribution in [0.15, 0.2) is 42.5 Å². The van der Waals surface area contributed by atoms with Crippen LogP contribution in [-0.2, 0) is 27.2 Å². The summed E-state index contributed by atoms with van der Waals surface area (Å²) in [6.45, 7) is 7.71. The summed E-state index contributed by atoms with van der Waals surface area (Å²) < 4.78 is 5.43. The average Bonchev–Trinajstić information content (AvgIpc) is 2.93. The van der Waals surface area contributed by atoms with E-state index in [0.29, 0.717) is 0 Å². The monoisotopic (exact) mass is 351 g/mol. The minimum absolute atomic E-state index is 0.0702. The van der Waals surface area contributed by atoms with Crippen LogP contribution >= 0.6 is 0 Å². The number of hydrogen-bond donors (Lipinski definition) is 0. The highest BCUT2D eigenvalue weighted by atomic mass is 16.5. The summed E-state index contributed by atoms with van der Waals surface area (Å²) in [5, 5.41) is 0. The Labute approximate surface area is 154 Å². The van der Waals surface area contributed by atoms with Crippen molar-refractivity contribution in [2.24, 2.45) is 0 Å². The summed E-state index contributed by atoms with van der Waals surface area (Å²) in [6.07, 6.45) is 0.193. The smallest absolute Gasteiger partial charge is 0.311 e. The summed E-state index contributed by atoms with van der Waals surface area (Å²) in [5.41, 5.74) is 5.30. The third-order valence-corrected chi connectivity index (χ3v) is 5.02. The van der Waals surface area contributed by atoms with Crippen LogP contribution in [0.1, 0.15) is 36.1 Å². The van der Waals surface area contributed by atoms with Gasteiger partial charge in [-0.15, -0.1) is 0 Å². The van der Waals surface area contributed by atoms with Gasteiger partial charge in [-0.1, -0.05) is 36.4 Å². The summed E-state index contributed by atoms with van der Waals surface area (Å²) in [5.74, 6) is -0.551. The molecule has 1 aliphatic heterocycles. The van der Waals surface area contributed by atoms with E-state index in [0.717, 1.165) is 28.8 Å². The molecule has 0 spiro atoms. The van der Waals surface area contributed by atoms with Crippen molar-refractivity contribution in [1.29, 1.82) is 0 Å². The highest BCUT2D eigenvalue weighted by Crippen LogP contribution is 2.32. The molecule has 0 N–H and O–H groups in total. The Morgan fingerprint density at radius 1 is 1.15 bits per heavy atom. The van der Waals surface area contributed by atoms with Gasteiger partial charge in [0.2, 0.25) is 0 Å². The SMILES string of the molecule is Cc1ccc(CC(=O)O[C@H](C)C(=O)N2c3ccccc3C[C@@H]2C)cc1C. The molecular formula is C22H25NO3. The lowest BCUT2D eigenvalue weighted by Gasteiger charge is -2.26. The van der Waals surface area contributed by atoms with Gasteiger partial charge in [0.15, 0.2) is 6.10 Å². The van der Waals surface area contributed by atoms with Crippen molar-refractivity contribution in [2.45, 2.75) is 52.7 Å². The molecule has 0 radical (unpaired) electrons. The number of hydrogen-bond acceptors (Lipinski definition) is 3. The number of carbonyl (C=O) groups is 2. The maximum atomic E-state index is 12.9. The minimum Gasteiger partial charge on any atom is -0.452 e. The first-order valence-corrected chi connectivity index (χ1v) is 9.03. The Kier molecular flexibility index (Phi) is 5.12. The van der Waals surface area contributed by atoms with Crippen LogP contribution in [0.25, 0.3) is 0 Å². The largest absolute Gasteiger partial charge is 0.452 e.